The van der Waals surface area contributed by atoms with Crippen molar-refractivity contribution in [2.75, 3.05) is 5.32 Å². The lowest BCUT2D eigenvalue weighted by atomic mass is 10.4. The van der Waals surface area contributed by atoms with Crippen LogP contribution in [0.2, 0.25) is 0 Å². The molecule has 0 atom stereocenters. The molecule has 0 spiro atoms. The summed E-state index contributed by atoms with van der Waals surface area (Å²) in [6, 6.07) is 0. The summed E-state index contributed by atoms with van der Waals surface area (Å²) in [4.78, 5) is 7.27. The number of nitrogens with zero attached hydrogens (tertiary/aromatic N) is 3. The van der Waals surface area contributed by atoms with E-state index in [9.17, 15) is 0 Å². The van der Waals surface area contributed by atoms with Crippen molar-refractivity contribution < 1.29 is 0 Å². The highest BCUT2D eigenvalue weighted by Gasteiger charge is 1.97. The van der Waals surface area contributed by atoms with Crippen LogP contribution in [0.25, 0.3) is 0 Å². The van der Waals surface area contributed by atoms with Crippen molar-refractivity contribution in [2.24, 2.45) is 7.05 Å². The Hall–Kier alpha value is -1.78. The number of imidazole rings is 1. The summed E-state index contributed by atoms with van der Waals surface area (Å²) in [5, 5.41) is 7.30. The van der Waals surface area contributed by atoms with Crippen LogP contribution >= 0.6 is 0 Å². The lowest BCUT2D eigenvalue weighted by Gasteiger charge is -1.99. The van der Waals surface area contributed by atoms with E-state index in [1.807, 2.05) is 26.4 Å². The molecule has 74 valence electrons. The Kier molecular flexibility index (Phi) is 2.22. The van der Waals surface area contributed by atoms with Gasteiger partial charge >= 0.3 is 0 Å². The van der Waals surface area contributed by atoms with Crippen LogP contribution in [0, 0.1) is 6.92 Å². The Labute approximate surface area is 82.2 Å². The highest BCUT2D eigenvalue weighted by Crippen LogP contribution is 2.05. The second kappa shape index (κ2) is 3.53. The molecule has 0 aliphatic rings. The Morgan fingerprint density at radius 2 is 2.36 bits per heavy atom. The van der Waals surface area contributed by atoms with E-state index in [4.69, 9.17) is 0 Å². The summed E-state index contributed by atoms with van der Waals surface area (Å²) < 4.78 is 1.76. The van der Waals surface area contributed by atoms with Crippen molar-refractivity contribution in [1.29, 1.82) is 0 Å². The zero-order valence-corrected chi connectivity index (χ0v) is 8.28. The molecule has 2 aromatic heterocycles. The molecule has 0 radical (unpaired) electrons. The Morgan fingerprint density at radius 1 is 1.50 bits per heavy atom. The molecule has 14 heavy (non-hydrogen) atoms. The first-order valence-corrected chi connectivity index (χ1v) is 4.47. The van der Waals surface area contributed by atoms with E-state index >= 15 is 0 Å². The van der Waals surface area contributed by atoms with E-state index in [-0.39, 0.29) is 0 Å². The van der Waals surface area contributed by atoms with Crippen molar-refractivity contribution in [3.63, 3.8) is 0 Å². The van der Waals surface area contributed by atoms with Gasteiger partial charge in [0, 0.05) is 13.2 Å². The third-order valence-corrected chi connectivity index (χ3v) is 1.94. The van der Waals surface area contributed by atoms with Crippen molar-refractivity contribution in [2.45, 2.75) is 13.5 Å². The number of anilines is 1. The minimum Gasteiger partial charge on any atom is -0.377 e. The van der Waals surface area contributed by atoms with Crippen LogP contribution in [0.4, 0.5) is 5.69 Å². The van der Waals surface area contributed by atoms with Gasteiger partial charge in [0.05, 0.1) is 30.3 Å². The van der Waals surface area contributed by atoms with Gasteiger partial charge in [0.2, 0.25) is 0 Å². The molecule has 0 aromatic carbocycles. The minimum atomic E-state index is 0.743. The molecule has 0 fully saturated rings. The van der Waals surface area contributed by atoms with Gasteiger partial charge in [0.25, 0.3) is 0 Å². The number of rotatable bonds is 3. The fourth-order valence-corrected chi connectivity index (χ4v) is 1.27. The van der Waals surface area contributed by atoms with Crippen molar-refractivity contribution in [3.8, 4) is 0 Å². The summed E-state index contributed by atoms with van der Waals surface area (Å²) in [7, 11) is 1.89. The van der Waals surface area contributed by atoms with Crippen molar-refractivity contribution >= 4 is 5.69 Å². The van der Waals surface area contributed by atoms with Crippen LogP contribution in [-0.4, -0.2) is 19.7 Å². The number of aromatic amines is 1. The highest BCUT2D eigenvalue weighted by molar-refractivity contribution is 5.38. The van der Waals surface area contributed by atoms with E-state index in [1.165, 1.54) is 0 Å². The first-order chi connectivity index (χ1) is 6.74. The second-order valence-electron chi connectivity index (χ2n) is 3.25. The molecule has 0 saturated heterocycles. The number of hydrogen-bond acceptors (Lipinski definition) is 3. The summed E-state index contributed by atoms with van der Waals surface area (Å²) >= 11 is 0. The molecule has 2 N–H and O–H groups in total. The summed E-state index contributed by atoms with van der Waals surface area (Å²) in [6.07, 6.45) is 5.56. The summed E-state index contributed by atoms with van der Waals surface area (Å²) in [5.74, 6) is 0.938. The number of H-pyrrole nitrogens is 1. The molecule has 0 aliphatic heterocycles. The maximum Gasteiger partial charge on any atom is 0.103 e. The first-order valence-electron chi connectivity index (χ1n) is 4.47. The van der Waals surface area contributed by atoms with E-state index in [1.54, 1.807) is 10.9 Å². The molecule has 2 aromatic rings. The molecular weight excluding hydrogens is 178 g/mol. The molecule has 0 unspecified atom stereocenters. The third-order valence-electron chi connectivity index (χ3n) is 1.94. The number of hydrogen-bond donors (Lipinski definition) is 2. The van der Waals surface area contributed by atoms with Gasteiger partial charge in [0.15, 0.2) is 0 Å². The molecule has 0 bridgehead atoms. The van der Waals surface area contributed by atoms with Crippen molar-refractivity contribution in [3.05, 3.63) is 30.1 Å². The predicted octanol–water partition coefficient (Wildman–Crippen LogP) is 1.06. The lowest BCUT2D eigenvalue weighted by Crippen LogP contribution is -1.98. The Morgan fingerprint density at radius 3 is 2.93 bits per heavy atom. The van der Waals surface area contributed by atoms with E-state index in [0.29, 0.717) is 0 Å². The smallest absolute Gasteiger partial charge is 0.103 e. The van der Waals surface area contributed by atoms with Crippen LogP contribution in [0.5, 0.6) is 0 Å². The first kappa shape index (κ1) is 8.80. The molecule has 2 heterocycles. The van der Waals surface area contributed by atoms with Gasteiger partial charge in [-0.15, -0.1) is 0 Å². The van der Waals surface area contributed by atoms with Crippen LogP contribution in [0.1, 0.15) is 11.5 Å². The fraction of sp³-hybridized carbons (Fsp3) is 0.333. The van der Waals surface area contributed by atoms with Gasteiger partial charge in [0.1, 0.15) is 5.82 Å². The van der Waals surface area contributed by atoms with E-state index in [2.05, 4.69) is 20.4 Å². The topological polar surface area (TPSA) is 58.5 Å². The van der Waals surface area contributed by atoms with Gasteiger partial charge in [-0.1, -0.05) is 0 Å². The third kappa shape index (κ3) is 1.93. The Balaban J connectivity index is 1.94. The van der Waals surface area contributed by atoms with Crippen LogP contribution in [-0.2, 0) is 13.6 Å². The minimum absolute atomic E-state index is 0.743. The summed E-state index contributed by atoms with van der Waals surface area (Å²) in [6.45, 7) is 2.68. The van der Waals surface area contributed by atoms with Gasteiger partial charge in [-0.3, -0.25) is 4.68 Å². The zero-order valence-electron chi connectivity index (χ0n) is 8.28. The highest BCUT2D eigenvalue weighted by atomic mass is 15.3. The largest absolute Gasteiger partial charge is 0.377 e. The van der Waals surface area contributed by atoms with Crippen LogP contribution in [0.15, 0.2) is 18.6 Å². The second-order valence-corrected chi connectivity index (χ2v) is 3.25. The summed E-state index contributed by atoms with van der Waals surface area (Å²) in [5.41, 5.74) is 2.09. The normalized spacial score (nSPS) is 10.4. The fourth-order valence-electron chi connectivity index (χ4n) is 1.27. The maximum atomic E-state index is 4.12. The quantitative estimate of drug-likeness (QED) is 0.762. The van der Waals surface area contributed by atoms with Crippen LogP contribution < -0.4 is 5.32 Å². The number of aromatic nitrogens is 4. The zero-order chi connectivity index (χ0) is 9.97. The van der Waals surface area contributed by atoms with E-state index < -0.39 is 0 Å². The predicted molar refractivity (Wildman–Crippen MR) is 53.9 cm³/mol. The standard InChI is InChI=1S/C9H13N5/c1-7-10-3-8(13-7)4-11-9-5-12-14(2)6-9/h3,5-6,11H,4H2,1-2H3,(H,10,13). The van der Waals surface area contributed by atoms with Crippen LogP contribution in [0.3, 0.4) is 0 Å². The molecule has 5 heteroatoms. The van der Waals surface area contributed by atoms with Crippen molar-refractivity contribution in [1.82, 2.24) is 19.7 Å². The van der Waals surface area contributed by atoms with Gasteiger partial charge < -0.3 is 10.3 Å². The monoisotopic (exact) mass is 191 g/mol. The maximum absolute atomic E-state index is 4.12. The van der Waals surface area contributed by atoms with Gasteiger partial charge in [-0.05, 0) is 6.92 Å². The molecule has 0 amide bonds. The molecule has 5 nitrogen and oxygen atoms in total. The lowest BCUT2D eigenvalue weighted by molar-refractivity contribution is 0.768. The van der Waals surface area contributed by atoms with Gasteiger partial charge in [-0.2, -0.15) is 5.10 Å². The average Bonchev–Trinajstić information content (AvgIpc) is 2.72. The number of nitrogens with one attached hydrogen (secondary N) is 2. The van der Waals surface area contributed by atoms with E-state index in [0.717, 1.165) is 23.8 Å². The Bertz CT molecular complexity index is 374. The molecular formula is C9H13N5. The van der Waals surface area contributed by atoms with Gasteiger partial charge in [-0.25, -0.2) is 4.98 Å². The number of aryl methyl sites for hydroxylation is 2. The SMILES string of the molecule is Cc1ncc(CNc2cnn(C)c2)[nH]1. The average molecular weight is 191 g/mol. The molecule has 0 aliphatic carbocycles. The molecule has 0 saturated carbocycles. The molecule has 2 rings (SSSR count).